The summed E-state index contributed by atoms with van der Waals surface area (Å²) in [6.45, 7) is 0.672. The molecule has 0 aliphatic carbocycles. The third-order valence-electron chi connectivity index (χ3n) is 2.37. The van der Waals surface area contributed by atoms with Crippen molar-refractivity contribution >= 4 is 44.9 Å². The molecule has 2 aromatic rings. The maximum atomic E-state index is 11.7. The highest BCUT2D eigenvalue weighted by Gasteiger charge is 2.06. The van der Waals surface area contributed by atoms with Gasteiger partial charge in [-0.05, 0) is 28.1 Å². The van der Waals surface area contributed by atoms with E-state index in [0.29, 0.717) is 12.1 Å². The molecule has 0 aliphatic heterocycles. The first-order valence-electron chi connectivity index (χ1n) is 5.74. The summed E-state index contributed by atoms with van der Waals surface area (Å²) in [7, 11) is 1.80. The Labute approximate surface area is 128 Å². The van der Waals surface area contributed by atoms with Crippen LogP contribution in [0.25, 0.3) is 0 Å². The van der Waals surface area contributed by atoms with Crippen LogP contribution in [0.5, 0.6) is 0 Å². The van der Waals surface area contributed by atoms with Crippen molar-refractivity contribution < 1.29 is 4.79 Å². The fraction of sp³-hybridized carbons (Fsp3) is 0.333. The highest BCUT2D eigenvalue weighted by Crippen LogP contribution is 2.25. The lowest BCUT2D eigenvalue weighted by atomic mass is 10.3. The second-order valence-corrected chi connectivity index (χ2v) is 7.57. The van der Waals surface area contributed by atoms with Gasteiger partial charge in [-0.15, -0.1) is 11.3 Å². The summed E-state index contributed by atoms with van der Waals surface area (Å²) in [4.78, 5) is 13.1. The molecule has 0 bridgehead atoms. The second-order valence-electron chi connectivity index (χ2n) is 3.92. The Balaban J connectivity index is 1.63. The van der Waals surface area contributed by atoms with Gasteiger partial charge in [0, 0.05) is 36.2 Å². The lowest BCUT2D eigenvalue weighted by Crippen LogP contribution is -2.25. The zero-order chi connectivity index (χ0) is 13.7. The van der Waals surface area contributed by atoms with Crippen LogP contribution in [-0.4, -0.2) is 28.0 Å². The SMILES string of the molecule is Cn1cc(C(=O)NCCSCc2ccc(Br)s2)cn1. The van der Waals surface area contributed by atoms with Gasteiger partial charge in [-0.3, -0.25) is 9.48 Å². The highest BCUT2D eigenvalue weighted by molar-refractivity contribution is 9.11. The molecular formula is C12H14BrN3OS2. The van der Waals surface area contributed by atoms with Gasteiger partial charge in [0.05, 0.1) is 15.5 Å². The molecule has 0 atom stereocenters. The molecule has 0 aromatic carbocycles. The van der Waals surface area contributed by atoms with Crippen molar-refractivity contribution in [2.45, 2.75) is 5.75 Å². The summed E-state index contributed by atoms with van der Waals surface area (Å²) >= 11 is 7.01. The van der Waals surface area contributed by atoms with Crippen molar-refractivity contribution in [1.29, 1.82) is 0 Å². The van der Waals surface area contributed by atoms with Crippen LogP contribution in [0, 0.1) is 0 Å². The predicted octanol–water partition coefficient (Wildman–Crippen LogP) is 2.91. The average molecular weight is 360 g/mol. The standard InChI is InChI=1S/C12H14BrN3OS2/c1-16-7-9(6-15-16)12(17)14-4-5-18-8-10-2-3-11(13)19-10/h2-3,6-7H,4-5,8H2,1H3,(H,14,17). The van der Waals surface area contributed by atoms with Crippen molar-refractivity contribution in [2.24, 2.45) is 7.05 Å². The molecule has 19 heavy (non-hydrogen) atoms. The van der Waals surface area contributed by atoms with Crippen molar-refractivity contribution in [3.05, 3.63) is 38.8 Å². The molecule has 1 amide bonds. The van der Waals surface area contributed by atoms with E-state index in [1.54, 1.807) is 35.5 Å². The number of hydrogen-bond acceptors (Lipinski definition) is 4. The predicted molar refractivity (Wildman–Crippen MR) is 83.7 cm³/mol. The number of hydrogen-bond donors (Lipinski definition) is 1. The number of thioether (sulfide) groups is 1. The van der Waals surface area contributed by atoms with Crippen molar-refractivity contribution in [1.82, 2.24) is 15.1 Å². The van der Waals surface area contributed by atoms with Gasteiger partial charge in [0.25, 0.3) is 5.91 Å². The number of halogens is 1. The van der Waals surface area contributed by atoms with Gasteiger partial charge in [-0.2, -0.15) is 16.9 Å². The lowest BCUT2D eigenvalue weighted by Gasteiger charge is -2.02. The number of carbonyl (C=O) groups excluding carboxylic acids is 1. The van der Waals surface area contributed by atoms with Gasteiger partial charge < -0.3 is 5.32 Å². The minimum Gasteiger partial charge on any atom is -0.351 e. The van der Waals surface area contributed by atoms with Crippen LogP contribution in [0.2, 0.25) is 0 Å². The molecule has 7 heteroatoms. The van der Waals surface area contributed by atoms with E-state index in [9.17, 15) is 4.79 Å². The molecular weight excluding hydrogens is 346 g/mol. The summed E-state index contributed by atoms with van der Waals surface area (Å²) < 4.78 is 2.78. The Bertz CT molecular complexity index is 553. The zero-order valence-electron chi connectivity index (χ0n) is 10.4. The summed E-state index contributed by atoms with van der Waals surface area (Å²) in [5.41, 5.74) is 0.606. The quantitative estimate of drug-likeness (QED) is 0.806. The number of aryl methyl sites for hydroxylation is 1. The number of amides is 1. The van der Waals surface area contributed by atoms with Crippen LogP contribution < -0.4 is 5.32 Å². The number of rotatable bonds is 6. The van der Waals surface area contributed by atoms with Gasteiger partial charge in [0.2, 0.25) is 0 Å². The molecule has 4 nitrogen and oxygen atoms in total. The number of nitrogens with one attached hydrogen (secondary N) is 1. The van der Waals surface area contributed by atoms with E-state index in [2.05, 4.69) is 38.5 Å². The molecule has 2 rings (SSSR count). The van der Waals surface area contributed by atoms with E-state index in [4.69, 9.17) is 0 Å². The number of carbonyl (C=O) groups is 1. The number of thiophene rings is 1. The minimum absolute atomic E-state index is 0.0624. The summed E-state index contributed by atoms with van der Waals surface area (Å²) in [5, 5.41) is 6.86. The molecule has 2 heterocycles. The molecule has 0 saturated heterocycles. The summed E-state index contributed by atoms with van der Waals surface area (Å²) in [6.07, 6.45) is 3.29. The molecule has 0 unspecified atom stereocenters. The van der Waals surface area contributed by atoms with Crippen LogP contribution in [0.4, 0.5) is 0 Å². The summed E-state index contributed by atoms with van der Waals surface area (Å²) in [6, 6.07) is 4.18. The average Bonchev–Trinajstić information content (AvgIpc) is 2.98. The molecule has 0 fully saturated rings. The smallest absolute Gasteiger partial charge is 0.254 e. The van der Waals surface area contributed by atoms with E-state index < -0.39 is 0 Å². The van der Waals surface area contributed by atoms with Crippen LogP contribution in [0.15, 0.2) is 28.3 Å². The molecule has 2 aromatic heterocycles. The Hall–Kier alpha value is -0.790. The van der Waals surface area contributed by atoms with Gasteiger partial charge in [-0.25, -0.2) is 0 Å². The summed E-state index contributed by atoms with van der Waals surface area (Å²) in [5.74, 6) is 1.83. The third-order valence-corrected chi connectivity index (χ3v) is 5.19. The van der Waals surface area contributed by atoms with E-state index in [1.165, 1.54) is 4.88 Å². The van der Waals surface area contributed by atoms with Gasteiger partial charge >= 0.3 is 0 Å². The Kier molecular flexibility index (Phi) is 5.47. The molecule has 102 valence electrons. The number of nitrogens with zero attached hydrogens (tertiary/aromatic N) is 2. The largest absolute Gasteiger partial charge is 0.351 e. The molecule has 0 aliphatic rings. The highest BCUT2D eigenvalue weighted by atomic mass is 79.9. The normalized spacial score (nSPS) is 10.6. The monoisotopic (exact) mass is 359 g/mol. The van der Waals surface area contributed by atoms with Crippen LogP contribution >= 0.6 is 39.0 Å². The molecule has 0 radical (unpaired) electrons. The molecule has 1 N–H and O–H groups in total. The zero-order valence-corrected chi connectivity index (χ0v) is 13.6. The Morgan fingerprint density at radius 1 is 1.58 bits per heavy atom. The van der Waals surface area contributed by atoms with Crippen molar-refractivity contribution in [2.75, 3.05) is 12.3 Å². The van der Waals surface area contributed by atoms with Gasteiger partial charge in [0.15, 0.2) is 0 Å². The fourth-order valence-electron chi connectivity index (χ4n) is 1.48. The maximum absolute atomic E-state index is 11.7. The van der Waals surface area contributed by atoms with Crippen LogP contribution in [0.3, 0.4) is 0 Å². The van der Waals surface area contributed by atoms with Crippen LogP contribution in [-0.2, 0) is 12.8 Å². The van der Waals surface area contributed by atoms with E-state index >= 15 is 0 Å². The third kappa shape index (κ3) is 4.67. The first kappa shape index (κ1) is 14.6. The fourth-order valence-corrected chi connectivity index (χ4v) is 3.93. The van der Waals surface area contributed by atoms with Crippen LogP contribution in [0.1, 0.15) is 15.2 Å². The lowest BCUT2D eigenvalue weighted by molar-refractivity contribution is 0.0956. The van der Waals surface area contributed by atoms with E-state index in [0.717, 1.165) is 15.3 Å². The van der Waals surface area contributed by atoms with Gasteiger partial charge in [-0.1, -0.05) is 0 Å². The number of aromatic nitrogens is 2. The maximum Gasteiger partial charge on any atom is 0.254 e. The molecule has 0 spiro atoms. The van der Waals surface area contributed by atoms with Gasteiger partial charge in [0.1, 0.15) is 0 Å². The molecule has 0 saturated carbocycles. The minimum atomic E-state index is -0.0624. The van der Waals surface area contributed by atoms with E-state index in [-0.39, 0.29) is 5.91 Å². The Morgan fingerprint density at radius 2 is 2.42 bits per heavy atom. The van der Waals surface area contributed by atoms with E-state index in [1.807, 2.05) is 11.8 Å². The van der Waals surface area contributed by atoms with Crippen molar-refractivity contribution in [3.8, 4) is 0 Å². The second kappa shape index (κ2) is 7.12. The first-order valence-corrected chi connectivity index (χ1v) is 8.50. The van der Waals surface area contributed by atoms with Crippen molar-refractivity contribution in [3.63, 3.8) is 0 Å². The Morgan fingerprint density at radius 3 is 3.05 bits per heavy atom. The topological polar surface area (TPSA) is 46.9 Å². The first-order chi connectivity index (χ1) is 9.15.